The molecule has 2 rings (SSSR count). The number of carbonyl (C=O) groups is 1. The van der Waals surface area contributed by atoms with Crippen LogP contribution >= 0.6 is 0 Å². The molecule has 0 spiro atoms. The van der Waals surface area contributed by atoms with E-state index in [1.807, 2.05) is 6.92 Å². The van der Waals surface area contributed by atoms with Crippen LogP contribution in [0.3, 0.4) is 0 Å². The lowest BCUT2D eigenvalue weighted by Crippen LogP contribution is -2.41. The van der Waals surface area contributed by atoms with Crippen LogP contribution in [0.15, 0.2) is 24.3 Å². The molecule has 1 aromatic rings. The molecule has 0 saturated carbocycles. The third-order valence-corrected chi connectivity index (χ3v) is 5.50. The third kappa shape index (κ3) is 4.03. The van der Waals surface area contributed by atoms with Gasteiger partial charge in [0.05, 0.1) is 11.5 Å². The molecule has 1 saturated heterocycles. The zero-order valence-electron chi connectivity index (χ0n) is 12.1. The highest BCUT2D eigenvalue weighted by atomic mass is 32.2. The molecule has 1 atom stereocenters. The fourth-order valence-electron chi connectivity index (χ4n) is 2.56. The molecule has 1 amide bonds. The normalized spacial score (nSPS) is 20.4. The van der Waals surface area contributed by atoms with E-state index in [1.165, 1.54) is 24.3 Å². The van der Waals surface area contributed by atoms with Crippen molar-refractivity contribution in [2.75, 3.05) is 18.1 Å². The number of sulfone groups is 1. The van der Waals surface area contributed by atoms with E-state index in [0.717, 1.165) is 12.8 Å². The van der Waals surface area contributed by atoms with E-state index in [-0.39, 0.29) is 23.5 Å². The summed E-state index contributed by atoms with van der Waals surface area (Å²) in [5, 5.41) is 0. The van der Waals surface area contributed by atoms with Gasteiger partial charge in [0, 0.05) is 18.2 Å². The monoisotopic (exact) mass is 313 g/mol. The van der Waals surface area contributed by atoms with Gasteiger partial charge < -0.3 is 4.90 Å². The summed E-state index contributed by atoms with van der Waals surface area (Å²) in [6, 6.07) is 5.12. The van der Waals surface area contributed by atoms with Crippen molar-refractivity contribution in [3.8, 4) is 0 Å². The Labute approximate surface area is 124 Å². The number of hydrogen-bond acceptors (Lipinski definition) is 3. The Morgan fingerprint density at radius 3 is 2.52 bits per heavy atom. The fraction of sp³-hybridized carbons (Fsp3) is 0.533. The van der Waals surface area contributed by atoms with Crippen molar-refractivity contribution in [1.29, 1.82) is 0 Å². The van der Waals surface area contributed by atoms with Gasteiger partial charge in [-0.3, -0.25) is 4.79 Å². The molecule has 1 heterocycles. The smallest absolute Gasteiger partial charge is 0.254 e. The lowest BCUT2D eigenvalue weighted by molar-refractivity contribution is 0.0694. The first-order chi connectivity index (χ1) is 9.93. The maximum atomic E-state index is 13.0. The van der Waals surface area contributed by atoms with Crippen molar-refractivity contribution in [1.82, 2.24) is 4.90 Å². The summed E-state index contributed by atoms with van der Waals surface area (Å²) in [5.74, 6) is -0.443. The average Bonchev–Trinajstić information content (AvgIpc) is 2.80. The predicted octanol–water partition coefficient (Wildman–Crippen LogP) is 2.26. The van der Waals surface area contributed by atoms with Crippen LogP contribution in [0.4, 0.5) is 4.39 Å². The summed E-state index contributed by atoms with van der Waals surface area (Å²) >= 11 is 0. The van der Waals surface area contributed by atoms with Gasteiger partial charge in [-0.25, -0.2) is 12.8 Å². The summed E-state index contributed by atoms with van der Waals surface area (Å²) in [6.07, 6.45) is 2.23. The summed E-state index contributed by atoms with van der Waals surface area (Å²) in [5.41, 5.74) is 0.400. The highest BCUT2D eigenvalue weighted by Crippen LogP contribution is 2.21. The summed E-state index contributed by atoms with van der Waals surface area (Å²) in [6.45, 7) is 2.55. The van der Waals surface area contributed by atoms with Crippen LogP contribution in [0.2, 0.25) is 0 Å². The number of nitrogens with zero attached hydrogens (tertiary/aromatic N) is 1. The number of amides is 1. The maximum absolute atomic E-state index is 13.0. The van der Waals surface area contributed by atoms with Crippen molar-refractivity contribution >= 4 is 15.7 Å². The standard InChI is InChI=1S/C15H20FNO3S/c1-2-3-9-17(14-8-10-21(19,20)11-14)15(18)12-4-6-13(16)7-5-12/h4-7,14H,2-3,8-11H2,1H3. The third-order valence-electron chi connectivity index (χ3n) is 3.75. The molecule has 1 aromatic carbocycles. The van der Waals surface area contributed by atoms with Crippen molar-refractivity contribution in [2.45, 2.75) is 32.2 Å². The molecule has 0 aromatic heterocycles. The minimum absolute atomic E-state index is 0.0314. The Balaban J connectivity index is 2.19. The second-order valence-corrected chi connectivity index (χ2v) is 7.64. The molecule has 0 N–H and O–H groups in total. The Kier molecular flexibility index (Phi) is 4.98. The second-order valence-electron chi connectivity index (χ2n) is 5.42. The summed E-state index contributed by atoms with van der Waals surface area (Å²) < 4.78 is 36.2. The highest BCUT2D eigenvalue weighted by molar-refractivity contribution is 7.91. The van der Waals surface area contributed by atoms with Gasteiger partial charge in [-0.05, 0) is 37.1 Å². The molecule has 0 radical (unpaired) electrons. The van der Waals surface area contributed by atoms with Crippen molar-refractivity contribution in [3.05, 3.63) is 35.6 Å². The van der Waals surface area contributed by atoms with Crippen LogP contribution in [-0.2, 0) is 9.84 Å². The number of hydrogen-bond donors (Lipinski definition) is 0. The van der Waals surface area contributed by atoms with Crippen LogP contribution in [0, 0.1) is 5.82 Å². The summed E-state index contributed by atoms with van der Waals surface area (Å²) in [7, 11) is -3.04. The van der Waals surface area contributed by atoms with E-state index >= 15 is 0 Å². The minimum Gasteiger partial charge on any atom is -0.335 e. The van der Waals surface area contributed by atoms with Crippen molar-refractivity contribution in [3.63, 3.8) is 0 Å². The molecule has 1 aliphatic heterocycles. The van der Waals surface area contributed by atoms with E-state index in [4.69, 9.17) is 0 Å². The summed E-state index contributed by atoms with van der Waals surface area (Å²) in [4.78, 5) is 14.2. The molecule has 116 valence electrons. The highest BCUT2D eigenvalue weighted by Gasteiger charge is 2.34. The van der Waals surface area contributed by atoms with Gasteiger partial charge in [0.1, 0.15) is 5.82 Å². The van der Waals surface area contributed by atoms with Gasteiger partial charge >= 0.3 is 0 Å². The largest absolute Gasteiger partial charge is 0.335 e. The molecule has 21 heavy (non-hydrogen) atoms. The Bertz CT molecular complexity index is 598. The van der Waals surface area contributed by atoms with E-state index < -0.39 is 15.7 Å². The fourth-order valence-corrected chi connectivity index (χ4v) is 4.29. The Morgan fingerprint density at radius 2 is 2.00 bits per heavy atom. The topological polar surface area (TPSA) is 54.5 Å². The van der Waals surface area contributed by atoms with E-state index in [2.05, 4.69) is 0 Å². The average molecular weight is 313 g/mol. The van der Waals surface area contributed by atoms with E-state index in [0.29, 0.717) is 18.5 Å². The number of benzene rings is 1. The van der Waals surface area contributed by atoms with Crippen LogP contribution < -0.4 is 0 Å². The van der Waals surface area contributed by atoms with Crippen LogP contribution in [0.25, 0.3) is 0 Å². The number of rotatable bonds is 5. The van der Waals surface area contributed by atoms with E-state index in [1.54, 1.807) is 4.90 Å². The van der Waals surface area contributed by atoms with Gasteiger partial charge in [-0.15, -0.1) is 0 Å². The zero-order valence-corrected chi connectivity index (χ0v) is 12.9. The van der Waals surface area contributed by atoms with Crippen molar-refractivity contribution in [2.24, 2.45) is 0 Å². The zero-order chi connectivity index (χ0) is 15.5. The maximum Gasteiger partial charge on any atom is 0.254 e. The first-order valence-corrected chi connectivity index (χ1v) is 9.02. The molecule has 6 heteroatoms. The van der Waals surface area contributed by atoms with Crippen molar-refractivity contribution < 1.29 is 17.6 Å². The molecule has 1 fully saturated rings. The SMILES string of the molecule is CCCCN(C(=O)c1ccc(F)cc1)C1CCS(=O)(=O)C1. The van der Waals surface area contributed by atoms with Gasteiger partial charge in [-0.1, -0.05) is 13.3 Å². The molecule has 1 aliphatic rings. The minimum atomic E-state index is -3.04. The Morgan fingerprint density at radius 1 is 1.33 bits per heavy atom. The van der Waals surface area contributed by atoms with Gasteiger partial charge in [-0.2, -0.15) is 0 Å². The number of unbranched alkanes of at least 4 members (excludes halogenated alkanes) is 1. The van der Waals surface area contributed by atoms with Crippen LogP contribution in [-0.4, -0.2) is 43.3 Å². The molecule has 1 unspecified atom stereocenters. The molecular formula is C15H20FNO3S. The first kappa shape index (κ1) is 15.9. The first-order valence-electron chi connectivity index (χ1n) is 7.20. The van der Waals surface area contributed by atoms with Crippen LogP contribution in [0.1, 0.15) is 36.5 Å². The molecule has 0 bridgehead atoms. The Hall–Kier alpha value is -1.43. The number of carbonyl (C=O) groups excluding carboxylic acids is 1. The quantitative estimate of drug-likeness (QED) is 0.838. The number of halogens is 1. The van der Waals surface area contributed by atoms with Gasteiger partial charge in [0.2, 0.25) is 0 Å². The molecular weight excluding hydrogens is 293 g/mol. The van der Waals surface area contributed by atoms with Gasteiger partial charge in [0.25, 0.3) is 5.91 Å². The van der Waals surface area contributed by atoms with Gasteiger partial charge in [0.15, 0.2) is 9.84 Å². The lowest BCUT2D eigenvalue weighted by atomic mass is 10.1. The molecule has 4 nitrogen and oxygen atoms in total. The van der Waals surface area contributed by atoms with Crippen LogP contribution in [0.5, 0.6) is 0 Å². The predicted molar refractivity (Wildman–Crippen MR) is 79.4 cm³/mol. The molecule has 0 aliphatic carbocycles. The van der Waals surface area contributed by atoms with E-state index in [9.17, 15) is 17.6 Å². The second kappa shape index (κ2) is 6.56. The lowest BCUT2D eigenvalue weighted by Gasteiger charge is -2.28.